The third-order valence-corrected chi connectivity index (χ3v) is 3.39. The van der Waals surface area contributed by atoms with Crippen molar-refractivity contribution in [3.8, 4) is 5.69 Å². The SMILES string of the molecule is Cc1cccc(-n2nnc(C(=O)O)c2C2CCCO2)c1. The van der Waals surface area contributed by atoms with Crippen molar-refractivity contribution in [3.05, 3.63) is 41.2 Å². The molecule has 0 aliphatic carbocycles. The van der Waals surface area contributed by atoms with Crippen LogP contribution in [0.2, 0.25) is 0 Å². The van der Waals surface area contributed by atoms with Gasteiger partial charge in [0.1, 0.15) is 11.8 Å². The van der Waals surface area contributed by atoms with Crippen molar-refractivity contribution in [2.24, 2.45) is 0 Å². The summed E-state index contributed by atoms with van der Waals surface area (Å²) in [4.78, 5) is 11.3. The smallest absolute Gasteiger partial charge is 0.358 e. The average Bonchev–Trinajstić information content (AvgIpc) is 3.07. The van der Waals surface area contributed by atoms with Crippen LogP contribution >= 0.6 is 0 Å². The first kappa shape index (κ1) is 12.8. The summed E-state index contributed by atoms with van der Waals surface area (Å²) in [6.07, 6.45) is 1.46. The van der Waals surface area contributed by atoms with E-state index in [1.54, 1.807) is 4.68 Å². The van der Waals surface area contributed by atoms with Crippen LogP contribution in [0.15, 0.2) is 24.3 Å². The van der Waals surface area contributed by atoms with Crippen LogP contribution in [0.5, 0.6) is 0 Å². The van der Waals surface area contributed by atoms with Crippen molar-refractivity contribution in [2.45, 2.75) is 25.9 Å². The van der Waals surface area contributed by atoms with Gasteiger partial charge in [0.2, 0.25) is 0 Å². The first-order valence-electron chi connectivity index (χ1n) is 6.54. The second kappa shape index (κ2) is 5.05. The van der Waals surface area contributed by atoms with E-state index in [0.717, 1.165) is 24.1 Å². The first-order chi connectivity index (χ1) is 9.66. The predicted octanol–water partition coefficient (Wildman–Crippen LogP) is 2.13. The Bertz CT molecular complexity index is 645. The van der Waals surface area contributed by atoms with Crippen molar-refractivity contribution in [1.82, 2.24) is 15.0 Å². The number of aromatic nitrogens is 3. The number of carbonyl (C=O) groups is 1. The second-order valence-electron chi connectivity index (χ2n) is 4.88. The lowest BCUT2D eigenvalue weighted by Gasteiger charge is -2.13. The minimum Gasteiger partial charge on any atom is -0.476 e. The monoisotopic (exact) mass is 273 g/mol. The zero-order chi connectivity index (χ0) is 14.1. The third-order valence-electron chi connectivity index (χ3n) is 3.39. The van der Waals surface area contributed by atoms with Crippen LogP contribution in [0, 0.1) is 6.92 Å². The van der Waals surface area contributed by atoms with Gasteiger partial charge < -0.3 is 9.84 Å². The molecule has 1 saturated heterocycles. The molecule has 0 spiro atoms. The summed E-state index contributed by atoms with van der Waals surface area (Å²) in [6.45, 7) is 2.62. The van der Waals surface area contributed by atoms with E-state index < -0.39 is 5.97 Å². The van der Waals surface area contributed by atoms with Gasteiger partial charge in [-0.05, 0) is 37.5 Å². The van der Waals surface area contributed by atoms with Gasteiger partial charge in [-0.15, -0.1) is 5.10 Å². The Balaban J connectivity index is 2.13. The summed E-state index contributed by atoms with van der Waals surface area (Å²) < 4.78 is 7.19. The molecule has 2 aromatic rings. The molecule has 1 aromatic carbocycles. The van der Waals surface area contributed by atoms with Gasteiger partial charge in [-0.2, -0.15) is 0 Å². The van der Waals surface area contributed by atoms with E-state index in [1.165, 1.54) is 0 Å². The summed E-state index contributed by atoms with van der Waals surface area (Å²) >= 11 is 0. The molecular formula is C14H15N3O3. The van der Waals surface area contributed by atoms with Gasteiger partial charge in [0, 0.05) is 6.61 Å². The zero-order valence-electron chi connectivity index (χ0n) is 11.1. The van der Waals surface area contributed by atoms with E-state index in [9.17, 15) is 9.90 Å². The molecule has 2 heterocycles. The quantitative estimate of drug-likeness (QED) is 0.926. The van der Waals surface area contributed by atoms with E-state index in [0.29, 0.717) is 12.3 Å². The summed E-state index contributed by atoms with van der Waals surface area (Å²) in [7, 11) is 0. The normalized spacial score (nSPS) is 18.4. The molecule has 3 rings (SSSR count). The minimum atomic E-state index is -1.07. The summed E-state index contributed by atoms with van der Waals surface area (Å²) in [5, 5.41) is 17.1. The molecule has 1 unspecified atom stereocenters. The Labute approximate surface area is 116 Å². The number of carboxylic acids is 1. The van der Waals surface area contributed by atoms with E-state index >= 15 is 0 Å². The fourth-order valence-electron chi connectivity index (χ4n) is 2.47. The number of hydrogen-bond donors (Lipinski definition) is 1. The van der Waals surface area contributed by atoms with E-state index in [-0.39, 0.29) is 11.8 Å². The highest BCUT2D eigenvalue weighted by atomic mass is 16.5. The van der Waals surface area contributed by atoms with E-state index in [4.69, 9.17) is 4.74 Å². The van der Waals surface area contributed by atoms with Crippen LogP contribution in [0.3, 0.4) is 0 Å². The molecule has 0 radical (unpaired) electrons. The lowest BCUT2D eigenvalue weighted by Crippen LogP contribution is -2.11. The number of carboxylic acid groups (broad SMARTS) is 1. The number of aryl methyl sites for hydroxylation is 1. The molecule has 1 aromatic heterocycles. The Kier molecular flexibility index (Phi) is 3.23. The Morgan fingerprint density at radius 1 is 1.50 bits per heavy atom. The second-order valence-corrected chi connectivity index (χ2v) is 4.88. The van der Waals surface area contributed by atoms with Crippen LogP contribution in [-0.2, 0) is 4.74 Å². The number of benzene rings is 1. The largest absolute Gasteiger partial charge is 0.476 e. The van der Waals surface area contributed by atoms with Crippen LogP contribution in [0.4, 0.5) is 0 Å². The number of nitrogens with zero attached hydrogens (tertiary/aromatic N) is 3. The number of hydrogen-bond acceptors (Lipinski definition) is 4. The van der Waals surface area contributed by atoms with Crippen molar-refractivity contribution in [1.29, 1.82) is 0 Å². The highest BCUT2D eigenvalue weighted by Gasteiger charge is 2.30. The highest BCUT2D eigenvalue weighted by Crippen LogP contribution is 2.31. The van der Waals surface area contributed by atoms with E-state index in [1.807, 2.05) is 31.2 Å². The van der Waals surface area contributed by atoms with Crippen molar-refractivity contribution in [3.63, 3.8) is 0 Å². The molecule has 6 nitrogen and oxygen atoms in total. The molecule has 20 heavy (non-hydrogen) atoms. The molecule has 1 aliphatic rings. The topological polar surface area (TPSA) is 77.2 Å². The molecule has 104 valence electrons. The van der Waals surface area contributed by atoms with Gasteiger partial charge in [-0.1, -0.05) is 17.3 Å². The molecule has 0 saturated carbocycles. The van der Waals surface area contributed by atoms with E-state index in [2.05, 4.69) is 10.3 Å². The van der Waals surface area contributed by atoms with Gasteiger partial charge in [0.05, 0.1) is 5.69 Å². The predicted molar refractivity (Wildman–Crippen MR) is 71.0 cm³/mol. The van der Waals surface area contributed by atoms with Crippen molar-refractivity contribution >= 4 is 5.97 Å². The molecule has 1 atom stereocenters. The molecule has 0 amide bonds. The maximum atomic E-state index is 11.3. The molecular weight excluding hydrogens is 258 g/mol. The van der Waals surface area contributed by atoms with Crippen LogP contribution in [0.25, 0.3) is 5.69 Å². The lowest BCUT2D eigenvalue weighted by atomic mass is 10.1. The van der Waals surface area contributed by atoms with Crippen LogP contribution < -0.4 is 0 Å². The number of ether oxygens (including phenoxy) is 1. The first-order valence-corrected chi connectivity index (χ1v) is 6.54. The average molecular weight is 273 g/mol. The van der Waals surface area contributed by atoms with Gasteiger partial charge in [0.25, 0.3) is 0 Å². The lowest BCUT2D eigenvalue weighted by molar-refractivity contribution is 0.0673. The maximum absolute atomic E-state index is 11.3. The third kappa shape index (κ3) is 2.18. The molecule has 1 fully saturated rings. The fourth-order valence-corrected chi connectivity index (χ4v) is 2.47. The van der Waals surface area contributed by atoms with Gasteiger partial charge >= 0.3 is 5.97 Å². The van der Waals surface area contributed by atoms with Crippen LogP contribution in [0.1, 0.15) is 40.7 Å². The zero-order valence-corrected chi connectivity index (χ0v) is 11.1. The molecule has 1 aliphatic heterocycles. The van der Waals surface area contributed by atoms with Gasteiger partial charge in [-0.3, -0.25) is 0 Å². The Morgan fingerprint density at radius 2 is 2.35 bits per heavy atom. The summed E-state index contributed by atoms with van der Waals surface area (Å²) in [6, 6.07) is 7.71. The molecule has 0 bridgehead atoms. The summed E-state index contributed by atoms with van der Waals surface area (Å²) in [5.74, 6) is -1.07. The van der Waals surface area contributed by atoms with Gasteiger partial charge in [-0.25, -0.2) is 9.48 Å². The number of aromatic carboxylic acids is 1. The molecule has 6 heteroatoms. The highest BCUT2D eigenvalue weighted by molar-refractivity contribution is 5.86. The van der Waals surface area contributed by atoms with Gasteiger partial charge in [0.15, 0.2) is 5.69 Å². The fraction of sp³-hybridized carbons (Fsp3) is 0.357. The Morgan fingerprint density at radius 3 is 3.00 bits per heavy atom. The molecule has 1 N–H and O–H groups in total. The maximum Gasteiger partial charge on any atom is 0.358 e. The standard InChI is InChI=1S/C14H15N3O3/c1-9-4-2-5-10(8-9)17-13(11-6-3-7-20-11)12(14(18)19)15-16-17/h2,4-5,8,11H,3,6-7H2,1H3,(H,18,19). The Hall–Kier alpha value is -2.21. The minimum absolute atomic E-state index is 0.0293. The van der Waals surface area contributed by atoms with Crippen LogP contribution in [-0.4, -0.2) is 32.7 Å². The number of rotatable bonds is 3. The van der Waals surface area contributed by atoms with Crippen molar-refractivity contribution in [2.75, 3.05) is 6.61 Å². The summed E-state index contributed by atoms with van der Waals surface area (Å²) in [5.41, 5.74) is 2.38. The van der Waals surface area contributed by atoms with Crippen molar-refractivity contribution < 1.29 is 14.6 Å².